The van der Waals surface area contributed by atoms with Gasteiger partial charge < -0.3 is 58.3 Å². The minimum Gasteiger partial charge on any atom is -0.480 e. The highest BCUT2D eigenvalue weighted by Gasteiger charge is 2.32. The molecule has 244 valence electrons. The van der Waals surface area contributed by atoms with Crippen LogP contribution in [-0.2, 0) is 24.0 Å². The highest BCUT2D eigenvalue weighted by atomic mass is 16.4. The van der Waals surface area contributed by atoms with Gasteiger partial charge in [0.1, 0.15) is 24.4 Å². The maximum absolute atomic E-state index is 13.3. The van der Waals surface area contributed by atoms with E-state index in [2.05, 4.69) is 26.6 Å². The average molecular weight is 607 g/mol. The van der Waals surface area contributed by atoms with E-state index in [1.54, 1.807) is 0 Å². The Balaban J connectivity index is 5.78. The molecule has 0 aromatic carbocycles. The zero-order valence-electron chi connectivity index (χ0n) is 25.3. The van der Waals surface area contributed by atoms with Crippen molar-refractivity contribution in [3.8, 4) is 0 Å². The fourth-order valence-corrected chi connectivity index (χ4v) is 3.73. The van der Waals surface area contributed by atoms with Crippen LogP contribution >= 0.6 is 0 Å². The lowest BCUT2D eigenvalue weighted by Crippen LogP contribution is -2.60. The molecule has 0 heterocycles. The van der Waals surface area contributed by atoms with Gasteiger partial charge in [0.25, 0.3) is 0 Å². The maximum atomic E-state index is 13.3. The standard InChI is InChI=1S/C25H51N9O8/c1-14(26)20(37)30-17(10-8-11-29-25(27)28)21(38)31-16(9-6-7-12-34(3,4)5)22(39)32-18(13-35)23(40)33-19(15(2)36)24(41)42/h14-19,25,29,35-36H,6-13,26-28H2,1-5H3,(H4-,30,31,32,33,37,38,39,40,41,42)/p+1/t14-,15+,16-,17-,18-,19-/m0/s1. The third kappa shape index (κ3) is 16.5. The summed E-state index contributed by atoms with van der Waals surface area (Å²) in [6.45, 7) is 2.87. The molecule has 0 bridgehead atoms. The molecule has 0 aliphatic heterocycles. The van der Waals surface area contributed by atoms with Gasteiger partial charge in [0, 0.05) is 0 Å². The van der Waals surface area contributed by atoms with Crippen LogP contribution in [0.4, 0.5) is 0 Å². The molecule has 0 aromatic rings. The number of amides is 4. The number of aliphatic hydroxyl groups is 2. The fourth-order valence-electron chi connectivity index (χ4n) is 3.73. The van der Waals surface area contributed by atoms with Gasteiger partial charge in [-0.3, -0.25) is 24.5 Å². The average Bonchev–Trinajstić information content (AvgIpc) is 2.87. The lowest BCUT2D eigenvalue weighted by molar-refractivity contribution is -0.870. The van der Waals surface area contributed by atoms with E-state index in [0.29, 0.717) is 30.3 Å². The molecular formula is C25H52N9O8+. The summed E-state index contributed by atoms with van der Waals surface area (Å²) in [6.07, 6.45) is -0.270. The molecule has 17 nitrogen and oxygen atoms in total. The number of nitrogens with one attached hydrogen (secondary N) is 5. The van der Waals surface area contributed by atoms with Crippen LogP contribution in [0.25, 0.3) is 0 Å². The van der Waals surface area contributed by atoms with Gasteiger partial charge in [0.2, 0.25) is 23.6 Å². The Morgan fingerprint density at radius 1 is 0.738 bits per heavy atom. The lowest BCUT2D eigenvalue weighted by atomic mass is 10.0. The zero-order valence-corrected chi connectivity index (χ0v) is 25.3. The molecule has 0 saturated carbocycles. The van der Waals surface area contributed by atoms with Crippen molar-refractivity contribution in [1.29, 1.82) is 0 Å². The smallest absolute Gasteiger partial charge is 0.328 e. The Kier molecular flexibility index (Phi) is 17.9. The van der Waals surface area contributed by atoms with E-state index in [-0.39, 0.29) is 12.8 Å². The molecule has 0 rings (SSSR count). The molecule has 0 aliphatic carbocycles. The largest absolute Gasteiger partial charge is 0.480 e. The Labute approximate surface area is 246 Å². The third-order valence-electron chi connectivity index (χ3n) is 6.16. The van der Waals surface area contributed by atoms with Crippen molar-refractivity contribution in [1.82, 2.24) is 26.6 Å². The summed E-state index contributed by atoms with van der Waals surface area (Å²) in [5.41, 5.74) is 16.6. The van der Waals surface area contributed by atoms with Gasteiger partial charge in [0.05, 0.1) is 46.4 Å². The number of unbranched alkanes of at least 4 members (excludes halogenated alkanes) is 1. The summed E-state index contributed by atoms with van der Waals surface area (Å²) >= 11 is 0. The molecule has 0 spiro atoms. The number of carbonyl (C=O) groups is 5. The maximum Gasteiger partial charge on any atom is 0.328 e. The number of nitrogens with two attached hydrogens (primary N) is 3. The van der Waals surface area contributed by atoms with Crippen LogP contribution in [0.3, 0.4) is 0 Å². The summed E-state index contributed by atoms with van der Waals surface area (Å²) in [4.78, 5) is 62.8. The molecular weight excluding hydrogens is 554 g/mol. The Morgan fingerprint density at radius 2 is 1.21 bits per heavy atom. The van der Waals surface area contributed by atoms with E-state index in [4.69, 9.17) is 17.2 Å². The van der Waals surface area contributed by atoms with Crippen molar-refractivity contribution in [3.05, 3.63) is 0 Å². The zero-order chi connectivity index (χ0) is 32.6. The van der Waals surface area contributed by atoms with Gasteiger partial charge in [-0.25, -0.2) is 4.79 Å². The molecule has 6 atom stereocenters. The predicted octanol–water partition coefficient (Wildman–Crippen LogP) is -4.82. The Morgan fingerprint density at radius 3 is 1.64 bits per heavy atom. The van der Waals surface area contributed by atoms with E-state index in [1.165, 1.54) is 6.92 Å². The van der Waals surface area contributed by atoms with Crippen molar-refractivity contribution in [2.24, 2.45) is 17.2 Å². The van der Waals surface area contributed by atoms with Crippen molar-refractivity contribution in [2.45, 2.75) is 88.6 Å². The molecule has 0 aliphatic rings. The highest BCUT2D eigenvalue weighted by molar-refractivity contribution is 5.95. The van der Waals surface area contributed by atoms with Crippen LogP contribution in [0, 0.1) is 0 Å². The summed E-state index contributed by atoms with van der Waals surface area (Å²) in [5, 5.41) is 41.0. The van der Waals surface area contributed by atoms with Gasteiger partial charge >= 0.3 is 5.97 Å². The fraction of sp³-hybridized carbons (Fsp3) is 0.800. The van der Waals surface area contributed by atoms with Crippen LogP contribution in [0.15, 0.2) is 0 Å². The number of aliphatic hydroxyl groups excluding tert-OH is 2. The molecule has 42 heavy (non-hydrogen) atoms. The number of carboxylic acids is 1. The first kappa shape index (κ1) is 39.1. The van der Waals surface area contributed by atoms with Crippen LogP contribution < -0.4 is 43.8 Å². The van der Waals surface area contributed by atoms with Crippen LogP contribution in [0.5, 0.6) is 0 Å². The monoisotopic (exact) mass is 606 g/mol. The number of carbonyl (C=O) groups excluding carboxylic acids is 4. The normalized spacial score (nSPS) is 16.0. The third-order valence-corrected chi connectivity index (χ3v) is 6.16. The van der Waals surface area contributed by atoms with Crippen molar-refractivity contribution >= 4 is 29.6 Å². The minimum absolute atomic E-state index is 0.164. The molecule has 0 aromatic heterocycles. The second-order valence-electron chi connectivity index (χ2n) is 11.4. The van der Waals surface area contributed by atoms with Crippen molar-refractivity contribution in [3.63, 3.8) is 0 Å². The number of carboxylic acid groups (broad SMARTS) is 1. The second-order valence-corrected chi connectivity index (χ2v) is 11.4. The van der Waals surface area contributed by atoms with Gasteiger partial charge in [-0.1, -0.05) is 0 Å². The van der Waals surface area contributed by atoms with Gasteiger partial charge in [-0.05, 0) is 52.5 Å². The van der Waals surface area contributed by atoms with E-state index in [0.717, 1.165) is 13.5 Å². The molecule has 14 N–H and O–H groups in total. The number of hydrogen-bond donors (Lipinski definition) is 11. The summed E-state index contributed by atoms with van der Waals surface area (Å²) in [6, 6.07) is -6.36. The predicted molar refractivity (Wildman–Crippen MR) is 154 cm³/mol. The quantitative estimate of drug-likeness (QED) is 0.0333. The van der Waals surface area contributed by atoms with Gasteiger partial charge in [-0.2, -0.15) is 0 Å². The minimum atomic E-state index is -1.67. The number of hydrogen-bond acceptors (Lipinski definition) is 11. The van der Waals surface area contributed by atoms with E-state index < -0.39 is 78.8 Å². The van der Waals surface area contributed by atoms with Crippen molar-refractivity contribution < 1.29 is 43.8 Å². The Bertz CT molecular complexity index is 880. The van der Waals surface area contributed by atoms with E-state index in [9.17, 15) is 39.3 Å². The summed E-state index contributed by atoms with van der Waals surface area (Å²) < 4.78 is 0.676. The lowest BCUT2D eigenvalue weighted by Gasteiger charge is -2.27. The van der Waals surface area contributed by atoms with E-state index >= 15 is 0 Å². The highest BCUT2D eigenvalue weighted by Crippen LogP contribution is 2.07. The molecule has 0 unspecified atom stereocenters. The SMILES string of the molecule is C[C@H](N)C(=O)N[C@@H](CCCNC(N)N)C(=O)N[C@@H](CCCC[N+](C)(C)C)C(=O)N[C@@H](CO)C(=O)N[C@H](C(=O)O)[C@@H](C)O. The molecule has 17 heteroatoms. The summed E-state index contributed by atoms with van der Waals surface area (Å²) in [5.74, 6) is -4.60. The first-order valence-corrected chi connectivity index (χ1v) is 13.9. The van der Waals surface area contributed by atoms with Gasteiger partial charge in [-0.15, -0.1) is 0 Å². The first-order valence-electron chi connectivity index (χ1n) is 13.9. The number of nitrogens with zero attached hydrogens (tertiary/aromatic N) is 1. The number of aliphatic carboxylic acids is 1. The molecule has 4 amide bonds. The Hall–Kier alpha value is -2.93. The van der Waals surface area contributed by atoms with Crippen LogP contribution in [0.2, 0.25) is 0 Å². The molecule has 0 fully saturated rings. The first-order chi connectivity index (χ1) is 19.4. The van der Waals surface area contributed by atoms with Crippen molar-refractivity contribution in [2.75, 3.05) is 40.8 Å². The topological polar surface area (TPSA) is 284 Å². The van der Waals surface area contributed by atoms with Crippen LogP contribution in [-0.4, -0.2) is 133 Å². The number of quaternary nitrogens is 1. The summed E-state index contributed by atoms with van der Waals surface area (Å²) in [7, 11) is 6.02. The molecule has 0 saturated heterocycles. The number of rotatable bonds is 21. The molecule has 0 radical (unpaired) electrons. The second kappa shape index (κ2) is 19.3. The van der Waals surface area contributed by atoms with Gasteiger partial charge in [0.15, 0.2) is 6.04 Å². The van der Waals surface area contributed by atoms with Crippen LogP contribution in [0.1, 0.15) is 46.0 Å². The van der Waals surface area contributed by atoms with E-state index in [1.807, 2.05) is 21.1 Å².